The van der Waals surface area contributed by atoms with Crippen LogP contribution in [-0.4, -0.2) is 22.1 Å². The Balaban J connectivity index is 2.29. The summed E-state index contributed by atoms with van der Waals surface area (Å²) >= 11 is 13.2. The number of halogens is 2. The normalized spacial score (nSPS) is 10.3. The Hall–Kier alpha value is -1.30. The van der Waals surface area contributed by atoms with Gasteiger partial charge in [0.1, 0.15) is 15.9 Å². The van der Waals surface area contributed by atoms with Crippen LogP contribution in [0.5, 0.6) is 0 Å². The molecule has 1 N–H and O–H groups in total. The summed E-state index contributed by atoms with van der Waals surface area (Å²) in [5, 5.41) is 3.18. The highest BCUT2D eigenvalue weighted by atomic mass is 35.5. The number of carbonyl (C=O) groups is 1. The van der Waals surface area contributed by atoms with Crippen LogP contribution in [-0.2, 0) is 0 Å². The van der Waals surface area contributed by atoms with Crippen LogP contribution in [0.2, 0.25) is 10.3 Å². The lowest BCUT2D eigenvalue weighted by Crippen LogP contribution is -2.14. The summed E-state index contributed by atoms with van der Waals surface area (Å²) in [7, 11) is 0. The Morgan fingerprint density at radius 3 is 2.26 bits per heavy atom. The number of aromatic nitrogens is 2. The second-order valence-electron chi connectivity index (χ2n) is 3.49. The highest BCUT2D eigenvalue weighted by Gasteiger charge is 2.18. The maximum Gasteiger partial charge on any atom is 0.261 e. The van der Waals surface area contributed by atoms with Crippen LogP contribution in [0.3, 0.4) is 0 Å². The van der Waals surface area contributed by atoms with Gasteiger partial charge in [-0.25, -0.2) is 9.97 Å². The fourth-order valence-corrected chi connectivity index (χ4v) is 2.41. The molecule has 1 heterocycles. The third-order valence-corrected chi connectivity index (χ3v) is 3.34. The molecular formula is C12H9Cl2N3OS. The fraction of sp³-hybridized carbons (Fsp3) is 0.0833. The van der Waals surface area contributed by atoms with Crippen LogP contribution in [0.15, 0.2) is 35.5 Å². The van der Waals surface area contributed by atoms with Crippen LogP contribution < -0.4 is 5.32 Å². The van der Waals surface area contributed by atoms with Crippen molar-refractivity contribution in [3.63, 3.8) is 0 Å². The average molecular weight is 314 g/mol. The minimum atomic E-state index is -0.436. The first-order valence-electron chi connectivity index (χ1n) is 5.25. The van der Waals surface area contributed by atoms with E-state index in [0.29, 0.717) is 10.8 Å². The molecule has 2 aromatic rings. The average Bonchev–Trinajstić information content (AvgIpc) is 2.38. The van der Waals surface area contributed by atoms with E-state index in [-0.39, 0.29) is 15.9 Å². The number of amides is 1. The van der Waals surface area contributed by atoms with Crippen LogP contribution in [0.1, 0.15) is 10.4 Å². The SMILES string of the molecule is CSc1nc(Cl)c(C(=O)Nc2ccccc2)c(Cl)n1. The van der Waals surface area contributed by atoms with Gasteiger partial charge in [-0.3, -0.25) is 4.79 Å². The topological polar surface area (TPSA) is 54.9 Å². The number of thioether (sulfide) groups is 1. The summed E-state index contributed by atoms with van der Waals surface area (Å²) in [6.07, 6.45) is 1.80. The lowest BCUT2D eigenvalue weighted by Gasteiger charge is -2.08. The van der Waals surface area contributed by atoms with Gasteiger partial charge in [0.15, 0.2) is 5.16 Å². The molecule has 0 unspecified atom stereocenters. The molecule has 1 aromatic heterocycles. The van der Waals surface area contributed by atoms with Gasteiger partial charge in [0.05, 0.1) is 0 Å². The molecule has 7 heteroatoms. The molecule has 0 fully saturated rings. The van der Waals surface area contributed by atoms with E-state index < -0.39 is 5.91 Å². The summed E-state index contributed by atoms with van der Waals surface area (Å²) in [5.74, 6) is -0.436. The highest BCUT2D eigenvalue weighted by Crippen LogP contribution is 2.25. The number of hydrogen-bond donors (Lipinski definition) is 1. The molecule has 0 spiro atoms. The molecule has 0 radical (unpaired) electrons. The number of hydrogen-bond acceptors (Lipinski definition) is 4. The predicted octanol–water partition coefficient (Wildman–Crippen LogP) is 3.76. The molecule has 0 atom stereocenters. The Morgan fingerprint density at radius 1 is 1.16 bits per heavy atom. The number of nitrogens with one attached hydrogen (secondary N) is 1. The fourth-order valence-electron chi connectivity index (χ4n) is 1.38. The largest absolute Gasteiger partial charge is 0.322 e. The van der Waals surface area contributed by atoms with Crippen molar-refractivity contribution in [2.24, 2.45) is 0 Å². The molecule has 0 aliphatic carbocycles. The number of rotatable bonds is 3. The van der Waals surface area contributed by atoms with E-state index in [1.54, 1.807) is 18.4 Å². The number of nitrogens with zero attached hydrogens (tertiary/aromatic N) is 2. The first-order valence-corrected chi connectivity index (χ1v) is 7.23. The van der Waals surface area contributed by atoms with Crippen molar-refractivity contribution in [3.05, 3.63) is 46.2 Å². The molecule has 0 aliphatic heterocycles. The minimum Gasteiger partial charge on any atom is -0.322 e. The first-order chi connectivity index (χ1) is 9.11. The van der Waals surface area contributed by atoms with Gasteiger partial charge >= 0.3 is 0 Å². The van der Waals surface area contributed by atoms with Gasteiger partial charge in [0.25, 0.3) is 5.91 Å². The second kappa shape index (κ2) is 6.23. The molecule has 0 saturated carbocycles. The summed E-state index contributed by atoms with van der Waals surface area (Å²) in [4.78, 5) is 20.1. The van der Waals surface area contributed by atoms with E-state index in [0.717, 1.165) is 0 Å². The van der Waals surface area contributed by atoms with Crippen LogP contribution in [0.4, 0.5) is 5.69 Å². The lowest BCUT2D eigenvalue weighted by atomic mass is 10.3. The van der Waals surface area contributed by atoms with E-state index in [2.05, 4.69) is 15.3 Å². The number of anilines is 1. The lowest BCUT2D eigenvalue weighted by molar-refractivity contribution is 0.102. The van der Waals surface area contributed by atoms with Gasteiger partial charge in [0, 0.05) is 5.69 Å². The quantitative estimate of drug-likeness (QED) is 0.532. The van der Waals surface area contributed by atoms with Crippen molar-refractivity contribution in [3.8, 4) is 0 Å². The van der Waals surface area contributed by atoms with E-state index in [1.807, 2.05) is 18.2 Å². The molecule has 2 rings (SSSR count). The number of para-hydroxylation sites is 1. The van der Waals surface area contributed by atoms with Crippen molar-refractivity contribution in [2.45, 2.75) is 5.16 Å². The van der Waals surface area contributed by atoms with E-state index in [1.165, 1.54) is 11.8 Å². The zero-order valence-electron chi connectivity index (χ0n) is 9.85. The van der Waals surface area contributed by atoms with E-state index >= 15 is 0 Å². The van der Waals surface area contributed by atoms with Crippen molar-refractivity contribution >= 4 is 46.6 Å². The second-order valence-corrected chi connectivity index (χ2v) is 4.98. The van der Waals surface area contributed by atoms with Crippen LogP contribution in [0, 0.1) is 0 Å². The smallest absolute Gasteiger partial charge is 0.261 e. The third kappa shape index (κ3) is 3.37. The standard InChI is InChI=1S/C12H9Cl2N3OS/c1-19-12-16-9(13)8(10(14)17-12)11(18)15-7-5-3-2-4-6-7/h2-6H,1H3,(H,15,18). The Labute approximate surface area is 124 Å². The molecule has 0 bridgehead atoms. The zero-order chi connectivity index (χ0) is 13.8. The van der Waals surface area contributed by atoms with Gasteiger partial charge in [-0.05, 0) is 18.4 Å². The van der Waals surface area contributed by atoms with E-state index in [4.69, 9.17) is 23.2 Å². The maximum absolute atomic E-state index is 12.1. The molecule has 0 aliphatic rings. The zero-order valence-corrected chi connectivity index (χ0v) is 12.2. The predicted molar refractivity (Wildman–Crippen MR) is 78.2 cm³/mol. The molecule has 4 nitrogen and oxygen atoms in total. The van der Waals surface area contributed by atoms with Crippen LogP contribution >= 0.6 is 35.0 Å². The van der Waals surface area contributed by atoms with Crippen molar-refractivity contribution in [2.75, 3.05) is 11.6 Å². The minimum absolute atomic E-state index is 0.0396. The molecule has 98 valence electrons. The molecule has 19 heavy (non-hydrogen) atoms. The molecule has 1 amide bonds. The molecular weight excluding hydrogens is 305 g/mol. The summed E-state index contributed by atoms with van der Waals surface area (Å²) < 4.78 is 0. The van der Waals surface area contributed by atoms with Crippen molar-refractivity contribution in [1.82, 2.24) is 9.97 Å². The maximum atomic E-state index is 12.1. The number of benzene rings is 1. The third-order valence-electron chi connectivity index (χ3n) is 2.24. The highest BCUT2D eigenvalue weighted by molar-refractivity contribution is 7.98. The Morgan fingerprint density at radius 2 is 1.74 bits per heavy atom. The Bertz CT molecular complexity index is 584. The molecule has 0 saturated heterocycles. The van der Waals surface area contributed by atoms with Gasteiger partial charge in [-0.15, -0.1) is 0 Å². The Kier molecular flexibility index (Phi) is 4.63. The van der Waals surface area contributed by atoms with Crippen molar-refractivity contribution < 1.29 is 4.79 Å². The van der Waals surface area contributed by atoms with Crippen LogP contribution in [0.25, 0.3) is 0 Å². The summed E-state index contributed by atoms with van der Waals surface area (Å²) in [6, 6.07) is 9.00. The summed E-state index contributed by atoms with van der Waals surface area (Å²) in [6.45, 7) is 0. The van der Waals surface area contributed by atoms with Gasteiger partial charge in [-0.1, -0.05) is 53.2 Å². The first kappa shape index (κ1) is 14.1. The van der Waals surface area contributed by atoms with Gasteiger partial charge in [-0.2, -0.15) is 0 Å². The van der Waals surface area contributed by atoms with Crippen molar-refractivity contribution in [1.29, 1.82) is 0 Å². The number of carbonyl (C=O) groups excluding carboxylic acids is 1. The van der Waals surface area contributed by atoms with Gasteiger partial charge < -0.3 is 5.32 Å². The monoisotopic (exact) mass is 313 g/mol. The summed E-state index contributed by atoms with van der Waals surface area (Å²) in [5.41, 5.74) is 0.721. The van der Waals surface area contributed by atoms with E-state index in [9.17, 15) is 4.79 Å². The van der Waals surface area contributed by atoms with Gasteiger partial charge in [0.2, 0.25) is 0 Å². The molecule has 1 aromatic carbocycles.